The molecule has 0 aliphatic heterocycles. The van der Waals surface area contributed by atoms with Gasteiger partial charge >= 0.3 is 6.03 Å². The molecular weight excluding hydrogens is 389 g/mol. The Balaban J connectivity index is 1.60. The molecule has 1 saturated carbocycles. The number of rotatable bonds is 4. The molecule has 1 unspecified atom stereocenters. The smallest absolute Gasteiger partial charge is 0.326 e. The van der Waals surface area contributed by atoms with Crippen LogP contribution in [0.5, 0.6) is 5.75 Å². The second-order valence-corrected chi connectivity index (χ2v) is 6.42. The molecule has 1 aliphatic carbocycles. The van der Waals surface area contributed by atoms with Crippen LogP contribution < -0.4 is 15.4 Å². The summed E-state index contributed by atoms with van der Waals surface area (Å²) in [6, 6.07) is 9.58. The van der Waals surface area contributed by atoms with E-state index in [4.69, 9.17) is 27.9 Å². The predicted octanol–water partition coefficient (Wildman–Crippen LogP) is 4.74. The molecule has 0 radical (unpaired) electrons. The van der Waals surface area contributed by atoms with Crippen LogP contribution in [-0.4, -0.2) is 24.0 Å². The molecule has 2 aromatic rings. The fourth-order valence-corrected chi connectivity index (χ4v) is 2.57. The summed E-state index contributed by atoms with van der Waals surface area (Å²) in [7, 11) is 0. The first-order valence-electron chi connectivity index (χ1n) is 7.47. The minimum Gasteiger partial charge on any atom is -0.482 e. The van der Waals surface area contributed by atoms with Crippen LogP contribution in [0, 0.1) is 0 Å². The molecule has 2 N–H and O–H groups in total. The van der Waals surface area contributed by atoms with E-state index in [-0.39, 0.29) is 33.5 Å². The van der Waals surface area contributed by atoms with Gasteiger partial charge in [0.2, 0.25) is 0 Å². The summed E-state index contributed by atoms with van der Waals surface area (Å²) < 4.78 is 30.8. The monoisotopic (exact) mass is 400 g/mol. The molecule has 1 atom stereocenters. The molecule has 0 heterocycles. The summed E-state index contributed by atoms with van der Waals surface area (Å²) in [5, 5.41) is 4.80. The number of hydrogen-bond donors (Lipinski definition) is 2. The number of nitrogens with one attached hydrogen (secondary N) is 2. The van der Waals surface area contributed by atoms with Crippen molar-refractivity contribution >= 4 is 40.8 Å². The Labute approximate surface area is 157 Å². The third-order valence-electron chi connectivity index (χ3n) is 3.57. The molecule has 136 valence electrons. The molecule has 3 amide bonds. The number of imide groups is 1. The van der Waals surface area contributed by atoms with Crippen molar-refractivity contribution in [1.29, 1.82) is 0 Å². The summed E-state index contributed by atoms with van der Waals surface area (Å²) in [6.07, 6.45) is -1.54. The minimum absolute atomic E-state index is 0.0583. The van der Waals surface area contributed by atoms with Gasteiger partial charge in [0.15, 0.2) is 6.10 Å². The van der Waals surface area contributed by atoms with Crippen LogP contribution in [0.2, 0.25) is 10.0 Å². The first-order chi connectivity index (χ1) is 12.3. The average molecular weight is 401 g/mol. The van der Waals surface area contributed by atoms with Gasteiger partial charge in [0.25, 0.3) is 11.8 Å². The van der Waals surface area contributed by atoms with Gasteiger partial charge < -0.3 is 10.1 Å². The maximum atomic E-state index is 12.9. The second kappa shape index (κ2) is 7.09. The van der Waals surface area contributed by atoms with Crippen LogP contribution in [0.4, 0.5) is 19.3 Å². The van der Waals surface area contributed by atoms with Gasteiger partial charge in [-0.2, -0.15) is 0 Å². The third-order valence-corrected chi connectivity index (χ3v) is 4.20. The molecule has 9 heteroatoms. The van der Waals surface area contributed by atoms with Gasteiger partial charge in [0.1, 0.15) is 5.75 Å². The largest absolute Gasteiger partial charge is 0.482 e. The number of ether oxygens (including phenoxy) is 1. The molecule has 0 bridgehead atoms. The van der Waals surface area contributed by atoms with Crippen LogP contribution in [0.1, 0.15) is 16.8 Å². The summed E-state index contributed by atoms with van der Waals surface area (Å²) >= 11 is 11.9. The first kappa shape index (κ1) is 18.4. The van der Waals surface area contributed by atoms with Gasteiger partial charge in [-0.1, -0.05) is 35.3 Å². The molecule has 0 saturated heterocycles. The van der Waals surface area contributed by atoms with E-state index in [1.807, 2.05) is 0 Å². The zero-order chi connectivity index (χ0) is 18.9. The van der Waals surface area contributed by atoms with E-state index in [1.54, 1.807) is 12.1 Å². The van der Waals surface area contributed by atoms with Crippen LogP contribution >= 0.6 is 23.2 Å². The molecule has 26 heavy (non-hydrogen) atoms. The summed E-state index contributed by atoms with van der Waals surface area (Å²) in [6.45, 7) is 0. The number of anilines is 1. The molecule has 2 aromatic carbocycles. The lowest BCUT2D eigenvalue weighted by molar-refractivity contribution is 0.0665. The Morgan fingerprint density at radius 1 is 1.12 bits per heavy atom. The Morgan fingerprint density at radius 2 is 1.81 bits per heavy atom. The predicted molar refractivity (Wildman–Crippen MR) is 93.4 cm³/mol. The number of carbonyl (C=O) groups excluding carboxylic acids is 2. The number of alkyl halides is 2. The van der Waals surface area contributed by atoms with E-state index in [0.717, 1.165) is 0 Å². The average Bonchev–Trinajstić information content (AvgIpc) is 3.16. The summed E-state index contributed by atoms with van der Waals surface area (Å²) in [4.78, 5) is 23.9. The molecule has 1 fully saturated rings. The zero-order valence-corrected chi connectivity index (χ0v) is 14.6. The van der Waals surface area contributed by atoms with Crippen molar-refractivity contribution in [3.63, 3.8) is 0 Å². The SMILES string of the molecule is O=C(NC(=O)c1ccccc1Cl)Nc1ccc(OC2CC2(F)F)c(Cl)c1. The van der Waals surface area contributed by atoms with E-state index in [1.165, 1.54) is 30.3 Å². The standard InChI is InChI=1S/C17H12Cl2F2N2O3/c18-11-4-2-1-3-10(11)15(24)23-16(25)22-9-5-6-13(12(19)7-9)26-14-8-17(14,20)21/h1-7,14H,8H2,(H2,22,23,24,25). The molecule has 1 aliphatic rings. The fourth-order valence-electron chi connectivity index (χ4n) is 2.12. The van der Waals surface area contributed by atoms with Gasteiger partial charge in [0.05, 0.1) is 22.0 Å². The Hall–Kier alpha value is -2.38. The van der Waals surface area contributed by atoms with E-state index >= 15 is 0 Å². The van der Waals surface area contributed by atoms with Crippen molar-refractivity contribution in [2.24, 2.45) is 0 Å². The van der Waals surface area contributed by atoms with Gasteiger partial charge in [0, 0.05) is 5.69 Å². The van der Waals surface area contributed by atoms with Crippen LogP contribution in [0.15, 0.2) is 42.5 Å². The lowest BCUT2D eigenvalue weighted by Crippen LogP contribution is -2.34. The minimum atomic E-state index is -2.83. The van der Waals surface area contributed by atoms with E-state index < -0.39 is 24.0 Å². The summed E-state index contributed by atoms with van der Waals surface area (Å²) in [5.74, 6) is -3.42. The van der Waals surface area contributed by atoms with Gasteiger partial charge in [-0.15, -0.1) is 0 Å². The van der Waals surface area contributed by atoms with Crippen molar-refractivity contribution in [2.75, 3.05) is 5.32 Å². The molecule has 0 spiro atoms. The highest BCUT2D eigenvalue weighted by atomic mass is 35.5. The summed E-state index contributed by atoms with van der Waals surface area (Å²) in [5.41, 5.74) is 0.408. The third kappa shape index (κ3) is 4.23. The van der Waals surface area contributed by atoms with E-state index in [0.29, 0.717) is 0 Å². The molecule has 0 aromatic heterocycles. The quantitative estimate of drug-likeness (QED) is 0.778. The van der Waals surface area contributed by atoms with Crippen LogP contribution in [-0.2, 0) is 0 Å². The van der Waals surface area contributed by atoms with E-state index in [2.05, 4.69) is 10.6 Å². The maximum Gasteiger partial charge on any atom is 0.326 e. The van der Waals surface area contributed by atoms with Crippen molar-refractivity contribution in [3.05, 3.63) is 58.1 Å². The molecule has 5 nitrogen and oxygen atoms in total. The highest BCUT2D eigenvalue weighted by molar-refractivity contribution is 6.34. The van der Waals surface area contributed by atoms with E-state index in [9.17, 15) is 18.4 Å². The van der Waals surface area contributed by atoms with Crippen LogP contribution in [0.3, 0.4) is 0 Å². The number of halogens is 4. The van der Waals surface area contributed by atoms with Crippen molar-refractivity contribution in [2.45, 2.75) is 18.4 Å². The number of amides is 3. The van der Waals surface area contributed by atoms with Crippen LogP contribution in [0.25, 0.3) is 0 Å². The highest BCUT2D eigenvalue weighted by Gasteiger charge is 2.59. The number of benzene rings is 2. The number of hydrogen-bond acceptors (Lipinski definition) is 3. The number of carbonyl (C=O) groups is 2. The lowest BCUT2D eigenvalue weighted by Gasteiger charge is -2.11. The zero-order valence-electron chi connectivity index (χ0n) is 13.1. The van der Waals surface area contributed by atoms with Gasteiger partial charge in [-0.05, 0) is 30.3 Å². The van der Waals surface area contributed by atoms with Crippen molar-refractivity contribution in [1.82, 2.24) is 5.32 Å². The highest BCUT2D eigenvalue weighted by Crippen LogP contribution is 2.45. The normalized spacial score (nSPS) is 17.3. The Morgan fingerprint density at radius 3 is 2.42 bits per heavy atom. The Kier molecular flexibility index (Phi) is 5.02. The Bertz CT molecular complexity index is 877. The molecular formula is C17H12Cl2F2N2O3. The first-order valence-corrected chi connectivity index (χ1v) is 8.23. The van der Waals surface area contributed by atoms with Crippen molar-refractivity contribution in [3.8, 4) is 5.75 Å². The maximum absolute atomic E-state index is 12.9. The topological polar surface area (TPSA) is 67.4 Å². The number of urea groups is 1. The molecule has 3 rings (SSSR count). The lowest BCUT2D eigenvalue weighted by atomic mass is 10.2. The van der Waals surface area contributed by atoms with Gasteiger partial charge in [-0.3, -0.25) is 10.1 Å². The van der Waals surface area contributed by atoms with Crippen molar-refractivity contribution < 1.29 is 23.1 Å². The second-order valence-electron chi connectivity index (χ2n) is 5.60. The fraction of sp³-hybridized carbons (Fsp3) is 0.176. The van der Waals surface area contributed by atoms with Gasteiger partial charge in [-0.25, -0.2) is 13.6 Å².